The molecular weight excluding hydrogens is 356 g/mol. The van der Waals surface area contributed by atoms with Gasteiger partial charge in [0.05, 0.1) is 12.2 Å². The average Bonchev–Trinajstić information content (AvgIpc) is 2.71. The van der Waals surface area contributed by atoms with Crippen molar-refractivity contribution in [1.29, 1.82) is 0 Å². The molecule has 1 aliphatic carbocycles. The highest BCUT2D eigenvalue weighted by Crippen LogP contribution is 2.16. The van der Waals surface area contributed by atoms with Crippen molar-refractivity contribution < 1.29 is 0 Å². The maximum atomic E-state index is 12.3. The van der Waals surface area contributed by atoms with Crippen molar-refractivity contribution in [3.05, 3.63) is 56.1 Å². The van der Waals surface area contributed by atoms with E-state index in [1.807, 2.05) is 0 Å². The highest BCUT2D eigenvalue weighted by Gasteiger charge is 2.19. The molecule has 2 aliphatic rings. The van der Waals surface area contributed by atoms with E-state index in [1.54, 1.807) is 34.8 Å². The van der Waals surface area contributed by atoms with Gasteiger partial charge in [-0.25, -0.2) is 4.68 Å². The molecule has 0 aromatic carbocycles. The monoisotopic (exact) mass is 384 g/mol. The molecule has 1 saturated heterocycles. The molecule has 0 radical (unpaired) electrons. The second kappa shape index (κ2) is 8.36. The second-order valence-corrected chi connectivity index (χ2v) is 7.79. The van der Waals surface area contributed by atoms with Crippen LogP contribution >= 0.6 is 0 Å². The van der Waals surface area contributed by atoms with Crippen LogP contribution in [0.5, 0.6) is 0 Å². The lowest BCUT2D eigenvalue weighted by Crippen LogP contribution is -2.48. The first kappa shape index (κ1) is 19.0. The molecule has 0 bridgehead atoms. The molecule has 0 unspecified atom stereocenters. The molecule has 2 aromatic rings. The van der Waals surface area contributed by atoms with Crippen molar-refractivity contribution in [2.24, 2.45) is 7.05 Å². The van der Waals surface area contributed by atoms with Crippen molar-refractivity contribution in [1.82, 2.24) is 29.1 Å². The molecule has 1 fully saturated rings. The van der Waals surface area contributed by atoms with Crippen molar-refractivity contribution in [2.75, 3.05) is 32.7 Å². The van der Waals surface area contributed by atoms with E-state index in [4.69, 9.17) is 0 Å². The minimum atomic E-state index is -0.0252. The standard InChI is InChI=1S/C20H28N6O2/c1-23-7-6-21-18(20(23)28)15-25-10-8-24(9-11-25)12-13-26-19(27)14-16-4-2-3-5-17(16)22-26/h6-7,14H,2-5,8-13,15H2,1H3. The van der Waals surface area contributed by atoms with Crippen LogP contribution in [-0.2, 0) is 33.0 Å². The zero-order chi connectivity index (χ0) is 19.5. The van der Waals surface area contributed by atoms with Gasteiger partial charge in [0.15, 0.2) is 0 Å². The number of piperazine rings is 1. The largest absolute Gasteiger partial charge is 0.315 e. The lowest BCUT2D eigenvalue weighted by Gasteiger charge is -2.34. The quantitative estimate of drug-likeness (QED) is 0.724. The van der Waals surface area contributed by atoms with Crippen LogP contribution in [0.3, 0.4) is 0 Å². The van der Waals surface area contributed by atoms with Gasteiger partial charge in [-0.05, 0) is 31.2 Å². The predicted octanol–water partition coefficient (Wildman–Crippen LogP) is 0.0336. The Hall–Kier alpha value is -2.32. The van der Waals surface area contributed by atoms with Crippen LogP contribution in [0.1, 0.15) is 29.8 Å². The molecule has 2 aromatic heterocycles. The lowest BCUT2D eigenvalue weighted by atomic mass is 9.97. The Bertz CT molecular complexity index is 942. The van der Waals surface area contributed by atoms with Crippen LogP contribution in [0.4, 0.5) is 0 Å². The summed E-state index contributed by atoms with van der Waals surface area (Å²) >= 11 is 0. The van der Waals surface area contributed by atoms with E-state index in [2.05, 4.69) is 19.9 Å². The third-order valence-electron chi connectivity index (χ3n) is 5.83. The summed E-state index contributed by atoms with van der Waals surface area (Å²) in [6, 6.07) is 1.78. The van der Waals surface area contributed by atoms with Gasteiger partial charge in [0.25, 0.3) is 11.1 Å². The van der Waals surface area contributed by atoms with E-state index >= 15 is 0 Å². The molecule has 0 atom stereocenters. The highest BCUT2D eigenvalue weighted by molar-refractivity contribution is 5.20. The molecule has 0 amide bonds. The summed E-state index contributed by atoms with van der Waals surface area (Å²) in [5.74, 6) is 0. The Morgan fingerprint density at radius 1 is 1.00 bits per heavy atom. The number of hydrogen-bond acceptors (Lipinski definition) is 6. The molecule has 0 N–H and O–H groups in total. The first-order chi connectivity index (χ1) is 13.6. The van der Waals surface area contributed by atoms with Crippen LogP contribution in [-0.4, -0.2) is 61.9 Å². The Kier molecular flexibility index (Phi) is 5.68. The Morgan fingerprint density at radius 3 is 2.57 bits per heavy atom. The summed E-state index contributed by atoms with van der Waals surface area (Å²) in [6.07, 6.45) is 7.66. The van der Waals surface area contributed by atoms with E-state index in [1.165, 1.54) is 6.42 Å². The normalized spacial score (nSPS) is 18.2. The van der Waals surface area contributed by atoms with Gasteiger partial charge in [-0.1, -0.05) is 0 Å². The molecule has 0 saturated carbocycles. The molecule has 4 rings (SSSR count). The third-order valence-corrected chi connectivity index (χ3v) is 5.83. The summed E-state index contributed by atoms with van der Waals surface area (Å²) in [5.41, 5.74) is 2.84. The summed E-state index contributed by atoms with van der Waals surface area (Å²) in [5, 5.41) is 4.61. The smallest absolute Gasteiger partial charge is 0.273 e. The van der Waals surface area contributed by atoms with Crippen molar-refractivity contribution in [2.45, 2.75) is 38.8 Å². The molecule has 8 nitrogen and oxygen atoms in total. The molecule has 28 heavy (non-hydrogen) atoms. The third kappa shape index (κ3) is 4.23. The van der Waals surface area contributed by atoms with Gasteiger partial charge >= 0.3 is 0 Å². The van der Waals surface area contributed by atoms with Crippen LogP contribution in [0.25, 0.3) is 0 Å². The average molecular weight is 384 g/mol. The fourth-order valence-electron chi connectivity index (χ4n) is 4.04. The molecule has 1 aliphatic heterocycles. The Morgan fingerprint density at radius 2 is 1.75 bits per heavy atom. The van der Waals surface area contributed by atoms with Crippen molar-refractivity contribution in [3.63, 3.8) is 0 Å². The fourth-order valence-corrected chi connectivity index (χ4v) is 4.04. The number of fused-ring (bicyclic) bond motifs is 1. The minimum absolute atomic E-state index is 0.0188. The van der Waals surface area contributed by atoms with E-state index in [9.17, 15) is 9.59 Å². The minimum Gasteiger partial charge on any atom is -0.315 e. The summed E-state index contributed by atoms with van der Waals surface area (Å²) < 4.78 is 3.20. The highest BCUT2D eigenvalue weighted by atomic mass is 16.1. The SMILES string of the molecule is Cn1ccnc(CN2CCN(CCn3nc4c(cc3=O)CCCC4)CC2)c1=O. The van der Waals surface area contributed by atoms with Gasteiger partial charge < -0.3 is 4.57 Å². The van der Waals surface area contributed by atoms with Gasteiger partial charge in [0.2, 0.25) is 0 Å². The Labute approximate surface area is 164 Å². The van der Waals surface area contributed by atoms with E-state index < -0.39 is 0 Å². The van der Waals surface area contributed by atoms with Gasteiger partial charge in [-0.15, -0.1) is 0 Å². The molecule has 0 spiro atoms. The summed E-state index contributed by atoms with van der Waals surface area (Å²) in [4.78, 5) is 33.3. The van der Waals surface area contributed by atoms with E-state index in [-0.39, 0.29) is 11.1 Å². The second-order valence-electron chi connectivity index (χ2n) is 7.79. The number of rotatable bonds is 5. The predicted molar refractivity (Wildman–Crippen MR) is 106 cm³/mol. The number of aromatic nitrogens is 4. The molecular formula is C20H28N6O2. The first-order valence-corrected chi connectivity index (χ1v) is 10.2. The maximum Gasteiger partial charge on any atom is 0.273 e. The van der Waals surface area contributed by atoms with Crippen LogP contribution < -0.4 is 11.1 Å². The van der Waals surface area contributed by atoms with Crippen molar-refractivity contribution >= 4 is 0 Å². The molecule has 150 valence electrons. The van der Waals surface area contributed by atoms with E-state index in [0.29, 0.717) is 18.8 Å². The van der Waals surface area contributed by atoms with Gasteiger partial charge in [0.1, 0.15) is 5.69 Å². The van der Waals surface area contributed by atoms with Crippen LogP contribution in [0, 0.1) is 0 Å². The van der Waals surface area contributed by atoms with Gasteiger partial charge in [-0.2, -0.15) is 5.10 Å². The fraction of sp³-hybridized carbons (Fsp3) is 0.600. The lowest BCUT2D eigenvalue weighted by molar-refractivity contribution is 0.121. The van der Waals surface area contributed by atoms with Gasteiger partial charge in [-0.3, -0.25) is 24.4 Å². The topological polar surface area (TPSA) is 76.3 Å². The number of nitrogens with zero attached hydrogens (tertiary/aromatic N) is 6. The van der Waals surface area contributed by atoms with Crippen molar-refractivity contribution in [3.8, 4) is 0 Å². The summed E-state index contributed by atoms with van der Waals surface area (Å²) in [7, 11) is 1.75. The van der Waals surface area contributed by atoms with E-state index in [0.717, 1.165) is 63.2 Å². The zero-order valence-electron chi connectivity index (χ0n) is 16.5. The van der Waals surface area contributed by atoms with Crippen LogP contribution in [0.15, 0.2) is 28.0 Å². The number of aryl methyl sites for hydroxylation is 3. The molecule has 3 heterocycles. The maximum absolute atomic E-state index is 12.3. The first-order valence-electron chi connectivity index (χ1n) is 10.2. The van der Waals surface area contributed by atoms with Gasteiger partial charge in [0, 0.05) is 64.8 Å². The molecule has 8 heteroatoms. The number of hydrogen-bond donors (Lipinski definition) is 0. The van der Waals surface area contributed by atoms with Crippen LogP contribution in [0.2, 0.25) is 0 Å². The Balaban J connectivity index is 1.30. The zero-order valence-corrected chi connectivity index (χ0v) is 16.5. The summed E-state index contributed by atoms with van der Waals surface area (Å²) in [6.45, 7) is 5.68.